The van der Waals surface area contributed by atoms with Gasteiger partial charge in [-0.25, -0.2) is 0 Å². The first-order chi connectivity index (χ1) is 8.40. The summed E-state index contributed by atoms with van der Waals surface area (Å²) in [4.78, 5) is 12.1. The number of carbonyl (C=O) groups excluding carboxylic acids is 1. The van der Waals surface area contributed by atoms with Crippen molar-refractivity contribution >= 4 is 11.7 Å². The fraction of sp³-hybridized carbons (Fsp3) is 0.692. The van der Waals surface area contributed by atoms with Crippen LogP contribution in [-0.4, -0.2) is 21.2 Å². The van der Waals surface area contributed by atoms with E-state index in [0.717, 1.165) is 25.0 Å². The number of nitrogens with one attached hydrogen (secondary N) is 1. The van der Waals surface area contributed by atoms with Gasteiger partial charge in [0.2, 0.25) is 5.91 Å². The van der Waals surface area contributed by atoms with Gasteiger partial charge >= 0.3 is 0 Å². The van der Waals surface area contributed by atoms with E-state index in [1.54, 1.807) is 11.6 Å². The summed E-state index contributed by atoms with van der Waals surface area (Å²) in [5, 5.41) is 7.19. The van der Waals surface area contributed by atoms with Gasteiger partial charge in [0.25, 0.3) is 0 Å². The van der Waals surface area contributed by atoms with E-state index < -0.39 is 5.54 Å². The average Bonchev–Trinajstić information content (AvgIpc) is 2.59. The number of anilines is 1. The van der Waals surface area contributed by atoms with Gasteiger partial charge in [-0.15, -0.1) is 0 Å². The van der Waals surface area contributed by atoms with Crippen LogP contribution in [0.5, 0.6) is 0 Å². The molecule has 0 spiro atoms. The number of rotatable bonds is 6. The molecule has 18 heavy (non-hydrogen) atoms. The van der Waals surface area contributed by atoms with Crippen LogP contribution in [0, 0.1) is 0 Å². The van der Waals surface area contributed by atoms with Crippen molar-refractivity contribution in [3.05, 3.63) is 11.8 Å². The zero-order valence-corrected chi connectivity index (χ0v) is 11.8. The Kier molecular flexibility index (Phi) is 4.90. The van der Waals surface area contributed by atoms with Crippen molar-refractivity contribution in [2.45, 2.75) is 52.0 Å². The molecule has 102 valence electrons. The Labute approximate surface area is 109 Å². The summed E-state index contributed by atoms with van der Waals surface area (Å²) >= 11 is 0. The number of amides is 1. The largest absolute Gasteiger partial charge is 0.318 e. The van der Waals surface area contributed by atoms with E-state index in [4.69, 9.17) is 5.73 Å². The van der Waals surface area contributed by atoms with Crippen molar-refractivity contribution in [1.82, 2.24) is 9.78 Å². The molecule has 3 N–H and O–H groups in total. The van der Waals surface area contributed by atoms with Gasteiger partial charge in [0, 0.05) is 13.1 Å². The number of aromatic nitrogens is 2. The first-order valence-corrected chi connectivity index (χ1v) is 6.54. The molecule has 1 amide bonds. The molecule has 1 aromatic rings. The fourth-order valence-corrected chi connectivity index (χ4v) is 1.91. The second kappa shape index (κ2) is 6.00. The molecule has 5 heteroatoms. The maximum Gasteiger partial charge on any atom is 0.245 e. The molecule has 0 bridgehead atoms. The van der Waals surface area contributed by atoms with Crippen molar-refractivity contribution in [3.8, 4) is 0 Å². The number of hydrogen-bond acceptors (Lipinski definition) is 3. The number of aryl methyl sites for hydroxylation is 2. The predicted molar refractivity (Wildman–Crippen MR) is 73.3 cm³/mol. The molecule has 0 aliphatic carbocycles. The van der Waals surface area contributed by atoms with Gasteiger partial charge in [0.15, 0.2) is 0 Å². The van der Waals surface area contributed by atoms with E-state index in [0.29, 0.717) is 12.2 Å². The van der Waals surface area contributed by atoms with Gasteiger partial charge in [-0.3, -0.25) is 9.48 Å². The summed E-state index contributed by atoms with van der Waals surface area (Å²) in [6.07, 6.45) is 3.50. The molecule has 1 rings (SSSR count). The third kappa shape index (κ3) is 3.57. The lowest BCUT2D eigenvalue weighted by molar-refractivity contribution is -0.120. The van der Waals surface area contributed by atoms with Crippen LogP contribution in [0.1, 0.15) is 45.7 Å². The molecule has 0 saturated carbocycles. The second-order valence-corrected chi connectivity index (χ2v) is 5.02. The molecule has 1 aromatic heterocycles. The number of nitrogens with two attached hydrogens (primary N) is 1. The molecular formula is C13H24N4O. The van der Waals surface area contributed by atoms with Crippen LogP contribution in [0.3, 0.4) is 0 Å². The van der Waals surface area contributed by atoms with Crippen LogP contribution >= 0.6 is 0 Å². The molecule has 0 radical (unpaired) electrons. The summed E-state index contributed by atoms with van der Waals surface area (Å²) in [5.41, 5.74) is 6.15. The lowest BCUT2D eigenvalue weighted by atomic mass is 9.96. The van der Waals surface area contributed by atoms with Crippen molar-refractivity contribution in [2.75, 3.05) is 5.32 Å². The first-order valence-electron chi connectivity index (χ1n) is 6.54. The Balaban J connectivity index is 2.75. The highest BCUT2D eigenvalue weighted by Gasteiger charge is 2.27. The monoisotopic (exact) mass is 252 g/mol. The Morgan fingerprint density at radius 3 is 2.72 bits per heavy atom. The number of hydrogen-bond donors (Lipinski definition) is 2. The van der Waals surface area contributed by atoms with Crippen LogP contribution in [0.2, 0.25) is 0 Å². The molecule has 0 saturated heterocycles. The van der Waals surface area contributed by atoms with Gasteiger partial charge in [-0.05, 0) is 19.8 Å². The lowest BCUT2D eigenvalue weighted by Crippen LogP contribution is -2.48. The lowest BCUT2D eigenvalue weighted by Gasteiger charge is -2.22. The highest BCUT2D eigenvalue weighted by molar-refractivity contribution is 5.97. The SMILES string of the molecule is CCCc1cc(NC(=O)C(C)(N)CCC)n(C)n1. The maximum atomic E-state index is 12.1. The van der Waals surface area contributed by atoms with E-state index >= 15 is 0 Å². The summed E-state index contributed by atoms with van der Waals surface area (Å²) in [7, 11) is 1.82. The molecule has 1 unspecified atom stereocenters. The van der Waals surface area contributed by atoms with Gasteiger partial charge in [0.05, 0.1) is 11.2 Å². The van der Waals surface area contributed by atoms with Crippen LogP contribution in [0.15, 0.2) is 6.07 Å². The average molecular weight is 252 g/mol. The molecule has 1 atom stereocenters. The minimum absolute atomic E-state index is 0.157. The summed E-state index contributed by atoms with van der Waals surface area (Å²) in [6.45, 7) is 5.88. The molecule has 5 nitrogen and oxygen atoms in total. The van der Waals surface area contributed by atoms with Crippen molar-refractivity contribution in [2.24, 2.45) is 12.8 Å². The van der Waals surface area contributed by atoms with Crippen molar-refractivity contribution in [3.63, 3.8) is 0 Å². The third-order valence-electron chi connectivity index (χ3n) is 2.97. The maximum absolute atomic E-state index is 12.1. The molecule has 1 heterocycles. The van der Waals surface area contributed by atoms with Gasteiger partial charge in [-0.1, -0.05) is 26.7 Å². The zero-order valence-electron chi connectivity index (χ0n) is 11.8. The highest BCUT2D eigenvalue weighted by Crippen LogP contribution is 2.15. The quantitative estimate of drug-likeness (QED) is 0.811. The van der Waals surface area contributed by atoms with Crippen LogP contribution in [0.4, 0.5) is 5.82 Å². The van der Waals surface area contributed by atoms with Crippen LogP contribution in [0.25, 0.3) is 0 Å². The Morgan fingerprint density at radius 1 is 1.50 bits per heavy atom. The summed E-state index contributed by atoms with van der Waals surface area (Å²) in [6, 6.07) is 1.91. The summed E-state index contributed by atoms with van der Waals surface area (Å²) < 4.78 is 1.69. The molecule has 0 aromatic carbocycles. The summed E-state index contributed by atoms with van der Waals surface area (Å²) in [5.74, 6) is 0.548. The number of nitrogens with zero attached hydrogens (tertiary/aromatic N) is 2. The number of carbonyl (C=O) groups is 1. The van der Waals surface area contributed by atoms with Crippen LogP contribution in [-0.2, 0) is 18.3 Å². The van der Waals surface area contributed by atoms with Gasteiger partial charge in [-0.2, -0.15) is 5.10 Å². The Bertz CT molecular complexity index is 409. The molecule has 0 aliphatic rings. The van der Waals surface area contributed by atoms with Crippen molar-refractivity contribution < 1.29 is 4.79 Å². The first kappa shape index (κ1) is 14.7. The Morgan fingerprint density at radius 2 is 2.17 bits per heavy atom. The molecule has 0 aliphatic heterocycles. The van der Waals surface area contributed by atoms with Crippen LogP contribution < -0.4 is 11.1 Å². The zero-order chi connectivity index (χ0) is 13.8. The smallest absolute Gasteiger partial charge is 0.245 e. The fourth-order valence-electron chi connectivity index (χ4n) is 1.91. The van der Waals surface area contributed by atoms with Gasteiger partial charge in [0.1, 0.15) is 5.82 Å². The highest BCUT2D eigenvalue weighted by atomic mass is 16.2. The van der Waals surface area contributed by atoms with E-state index in [1.165, 1.54) is 0 Å². The van der Waals surface area contributed by atoms with E-state index in [2.05, 4.69) is 17.3 Å². The second-order valence-electron chi connectivity index (χ2n) is 5.02. The van der Waals surface area contributed by atoms with E-state index in [1.807, 2.05) is 20.0 Å². The normalized spacial score (nSPS) is 14.3. The molecular weight excluding hydrogens is 228 g/mol. The Hall–Kier alpha value is -1.36. The third-order valence-corrected chi connectivity index (χ3v) is 2.97. The van der Waals surface area contributed by atoms with E-state index in [-0.39, 0.29) is 5.91 Å². The van der Waals surface area contributed by atoms with E-state index in [9.17, 15) is 4.79 Å². The van der Waals surface area contributed by atoms with Gasteiger partial charge < -0.3 is 11.1 Å². The standard InChI is InChI=1S/C13H24N4O/c1-5-7-10-9-11(17(4)16-10)15-12(18)13(3,14)8-6-2/h9H,5-8,14H2,1-4H3,(H,15,18). The van der Waals surface area contributed by atoms with Crippen molar-refractivity contribution in [1.29, 1.82) is 0 Å². The minimum atomic E-state index is -0.829. The minimum Gasteiger partial charge on any atom is -0.318 e. The topological polar surface area (TPSA) is 72.9 Å². The predicted octanol–water partition coefficient (Wildman–Crippen LogP) is 1.83. The molecule has 0 fully saturated rings.